The average Bonchev–Trinajstić information content (AvgIpc) is 3.01. The highest BCUT2D eigenvalue weighted by Gasteiger charge is 2.49. The Kier molecular flexibility index (Phi) is 5.88. The Labute approximate surface area is 158 Å². The van der Waals surface area contributed by atoms with E-state index in [0.29, 0.717) is 11.3 Å². The summed E-state index contributed by atoms with van der Waals surface area (Å²) in [6.45, 7) is 16.5. The summed E-state index contributed by atoms with van der Waals surface area (Å²) in [5, 5.41) is 0. The summed E-state index contributed by atoms with van der Waals surface area (Å²) in [6.07, 6.45) is -2.37. The molecule has 1 aliphatic heterocycles. The average molecular weight is 392 g/mol. The fourth-order valence-electron chi connectivity index (χ4n) is 2.87. The number of nitrogens with zero attached hydrogens (tertiary/aromatic N) is 3. The standard InChI is InChI=1S/C18H21FN4O3S/c1-18(2,16(20)17(24)23-10-13(19)9-15(23)22-4)27(25,26)11-12-5-7-14(21-3)8-6-12/h5-8,13,15-16H,9-11,20H2,1-2H3/t13-,15-,16+/m0/s1. The lowest BCUT2D eigenvalue weighted by Gasteiger charge is -2.32. The lowest BCUT2D eigenvalue weighted by atomic mass is 10.0. The number of amides is 1. The molecule has 1 aromatic rings. The van der Waals surface area contributed by atoms with Crippen LogP contribution < -0.4 is 5.73 Å². The van der Waals surface area contributed by atoms with E-state index in [1.54, 1.807) is 0 Å². The number of carbonyl (C=O) groups excluding carboxylic acids is 1. The van der Waals surface area contributed by atoms with Crippen molar-refractivity contribution in [2.75, 3.05) is 6.54 Å². The Morgan fingerprint density at radius 1 is 1.37 bits per heavy atom. The number of hydrogen-bond donors (Lipinski definition) is 1. The van der Waals surface area contributed by atoms with E-state index in [2.05, 4.69) is 9.69 Å². The second-order valence-electron chi connectivity index (χ2n) is 7.05. The van der Waals surface area contributed by atoms with Gasteiger partial charge in [-0.15, -0.1) is 0 Å². The quantitative estimate of drug-likeness (QED) is 0.777. The number of alkyl halides is 1. The molecule has 1 heterocycles. The van der Waals surface area contributed by atoms with Crippen LogP contribution in [0.2, 0.25) is 0 Å². The van der Waals surface area contributed by atoms with Gasteiger partial charge in [0.25, 0.3) is 0 Å². The summed E-state index contributed by atoms with van der Waals surface area (Å²) in [6, 6.07) is 4.68. The molecule has 0 saturated carbocycles. The second-order valence-corrected chi connectivity index (χ2v) is 9.62. The topological polar surface area (TPSA) is 89.2 Å². The molecule has 144 valence electrons. The zero-order chi connectivity index (χ0) is 20.4. The summed E-state index contributed by atoms with van der Waals surface area (Å²) in [5.41, 5.74) is 6.85. The molecule has 0 aliphatic carbocycles. The fraction of sp³-hybridized carbons (Fsp3) is 0.500. The highest BCUT2D eigenvalue weighted by molar-refractivity contribution is 7.92. The monoisotopic (exact) mass is 392 g/mol. The maximum Gasteiger partial charge on any atom is 0.303 e. The van der Waals surface area contributed by atoms with Crippen LogP contribution in [0.25, 0.3) is 9.69 Å². The smallest absolute Gasteiger partial charge is 0.303 e. The first-order valence-electron chi connectivity index (χ1n) is 8.29. The van der Waals surface area contributed by atoms with Crippen LogP contribution in [0.15, 0.2) is 24.3 Å². The van der Waals surface area contributed by atoms with Crippen molar-refractivity contribution in [3.05, 3.63) is 52.7 Å². The second kappa shape index (κ2) is 7.63. The molecule has 0 radical (unpaired) electrons. The summed E-state index contributed by atoms with van der Waals surface area (Å²) < 4.78 is 37.8. The number of likely N-dealkylation sites (tertiary alicyclic amines) is 1. The first kappa shape index (κ1) is 20.8. The molecule has 9 heteroatoms. The van der Waals surface area contributed by atoms with Crippen LogP contribution in [0.4, 0.5) is 10.1 Å². The number of halogens is 1. The van der Waals surface area contributed by atoms with Gasteiger partial charge in [0, 0.05) is 0 Å². The molecule has 7 nitrogen and oxygen atoms in total. The molecule has 1 amide bonds. The van der Waals surface area contributed by atoms with Crippen LogP contribution in [0, 0.1) is 13.1 Å². The minimum Gasteiger partial charge on any atom is -0.319 e. The number of benzene rings is 1. The largest absolute Gasteiger partial charge is 0.319 e. The lowest BCUT2D eigenvalue weighted by molar-refractivity contribution is -0.133. The van der Waals surface area contributed by atoms with E-state index >= 15 is 0 Å². The Bertz CT molecular complexity index is 900. The van der Waals surface area contributed by atoms with Gasteiger partial charge in [0.15, 0.2) is 15.5 Å². The minimum atomic E-state index is -3.87. The van der Waals surface area contributed by atoms with Gasteiger partial charge in [-0.25, -0.2) is 24.2 Å². The minimum absolute atomic E-state index is 0.0947. The highest BCUT2D eigenvalue weighted by atomic mass is 32.2. The Morgan fingerprint density at radius 3 is 2.48 bits per heavy atom. The molecule has 27 heavy (non-hydrogen) atoms. The van der Waals surface area contributed by atoms with Gasteiger partial charge in [-0.1, -0.05) is 24.3 Å². The molecule has 2 N–H and O–H groups in total. The van der Waals surface area contributed by atoms with Crippen LogP contribution in [0.5, 0.6) is 0 Å². The maximum absolute atomic E-state index is 13.6. The van der Waals surface area contributed by atoms with E-state index in [4.69, 9.17) is 18.9 Å². The molecule has 0 spiro atoms. The SMILES string of the molecule is [C-]#[N+]c1ccc(CS(=O)(=O)C(C)(C)[C@H](N)C(=O)N2C[C@@H](F)C[C@H]2[N+]#[C-])cc1. The summed E-state index contributed by atoms with van der Waals surface area (Å²) in [4.78, 5) is 20.2. The van der Waals surface area contributed by atoms with Crippen LogP contribution >= 0.6 is 0 Å². The molecular formula is C18H21FN4O3S. The summed E-state index contributed by atoms with van der Waals surface area (Å²) in [5.74, 6) is -1.09. The first-order valence-corrected chi connectivity index (χ1v) is 9.94. The third-order valence-corrected chi connectivity index (χ3v) is 7.46. The number of carbonyl (C=O) groups is 1. The first-order chi connectivity index (χ1) is 12.5. The van der Waals surface area contributed by atoms with Crippen molar-refractivity contribution in [1.82, 2.24) is 4.90 Å². The van der Waals surface area contributed by atoms with Gasteiger partial charge < -0.3 is 5.73 Å². The molecule has 3 atom stereocenters. The van der Waals surface area contributed by atoms with Crippen molar-refractivity contribution in [3.63, 3.8) is 0 Å². The third-order valence-electron chi connectivity index (χ3n) is 4.89. The zero-order valence-electron chi connectivity index (χ0n) is 15.1. The summed E-state index contributed by atoms with van der Waals surface area (Å²) in [7, 11) is -3.87. The number of nitrogens with two attached hydrogens (primary N) is 1. The molecular weight excluding hydrogens is 371 g/mol. The van der Waals surface area contributed by atoms with Crippen LogP contribution in [-0.4, -0.2) is 48.9 Å². The van der Waals surface area contributed by atoms with Gasteiger partial charge in [0.05, 0.1) is 30.0 Å². The number of hydrogen-bond acceptors (Lipinski definition) is 4. The van der Waals surface area contributed by atoms with Crippen molar-refractivity contribution in [2.24, 2.45) is 5.73 Å². The Hall–Kier alpha value is -2.49. The Balaban J connectivity index is 2.22. The van der Waals surface area contributed by atoms with Gasteiger partial charge in [-0.05, 0) is 19.4 Å². The van der Waals surface area contributed by atoms with E-state index in [1.165, 1.54) is 38.1 Å². The third kappa shape index (κ3) is 4.10. The predicted octanol–water partition coefficient (Wildman–Crippen LogP) is 2.07. The van der Waals surface area contributed by atoms with Crippen molar-refractivity contribution in [3.8, 4) is 0 Å². The molecule has 0 unspecified atom stereocenters. The normalized spacial score (nSPS) is 21.3. The van der Waals surface area contributed by atoms with Crippen molar-refractivity contribution < 1.29 is 17.6 Å². The van der Waals surface area contributed by atoms with E-state index in [1.807, 2.05) is 0 Å². The van der Waals surface area contributed by atoms with Crippen molar-refractivity contribution in [2.45, 2.75) is 49.1 Å². The van der Waals surface area contributed by atoms with Gasteiger partial charge >= 0.3 is 6.17 Å². The van der Waals surface area contributed by atoms with Crippen LogP contribution in [-0.2, 0) is 20.4 Å². The fourth-order valence-corrected chi connectivity index (χ4v) is 4.36. The molecule has 1 aromatic carbocycles. The molecule has 0 aromatic heterocycles. The lowest BCUT2D eigenvalue weighted by Crippen LogP contribution is -2.58. The van der Waals surface area contributed by atoms with E-state index in [0.717, 1.165) is 4.90 Å². The number of sulfone groups is 1. The van der Waals surface area contributed by atoms with Crippen molar-refractivity contribution >= 4 is 21.4 Å². The van der Waals surface area contributed by atoms with Crippen LogP contribution in [0.3, 0.4) is 0 Å². The van der Waals surface area contributed by atoms with Gasteiger partial charge in [0.2, 0.25) is 5.91 Å². The zero-order valence-corrected chi connectivity index (χ0v) is 15.9. The highest BCUT2D eigenvalue weighted by Crippen LogP contribution is 2.29. The van der Waals surface area contributed by atoms with Crippen molar-refractivity contribution in [1.29, 1.82) is 0 Å². The van der Waals surface area contributed by atoms with Gasteiger partial charge in [0.1, 0.15) is 12.2 Å². The predicted molar refractivity (Wildman–Crippen MR) is 99.0 cm³/mol. The van der Waals surface area contributed by atoms with Crippen LogP contribution in [0.1, 0.15) is 25.8 Å². The number of rotatable bonds is 5. The maximum atomic E-state index is 13.6. The van der Waals surface area contributed by atoms with Gasteiger partial charge in [-0.2, -0.15) is 0 Å². The van der Waals surface area contributed by atoms with E-state index in [9.17, 15) is 17.6 Å². The van der Waals surface area contributed by atoms with Gasteiger partial charge in [-0.3, -0.25) is 14.5 Å². The summed E-state index contributed by atoms with van der Waals surface area (Å²) >= 11 is 0. The molecule has 1 aliphatic rings. The molecule has 0 bridgehead atoms. The molecule has 1 saturated heterocycles. The van der Waals surface area contributed by atoms with E-state index in [-0.39, 0.29) is 18.7 Å². The molecule has 1 fully saturated rings. The van der Waals surface area contributed by atoms with E-state index < -0.39 is 38.9 Å². The molecule has 2 rings (SSSR count). The Morgan fingerprint density at radius 2 is 1.96 bits per heavy atom.